The van der Waals surface area contributed by atoms with Gasteiger partial charge in [-0.15, -0.1) is 0 Å². The number of aryl methyl sites for hydroxylation is 1. The minimum atomic E-state index is -0.00616. The third kappa shape index (κ3) is 1.99. The van der Waals surface area contributed by atoms with E-state index < -0.39 is 0 Å². The summed E-state index contributed by atoms with van der Waals surface area (Å²) >= 11 is 0. The Morgan fingerprint density at radius 2 is 2.00 bits per heavy atom. The van der Waals surface area contributed by atoms with Crippen LogP contribution in [0.5, 0.6) is 0 Å². The van der Waals surface area contributed by atoms with Gasteiger partial charge in [-0.2, -0.15) is 0 Å². The number of hydrogen-bond donors (Lipinski definition) is 1. The molecule has 0 aliphatic rings. The van der Waals surface area contributed by atoms with Crippen LogP contribution in [0.25, 0.3) is 5.69 Å². The third-order valence-corrected chi connectivity index (χ3v) is 2.76. The first-order valence-electron chi connectivity index (χ1n) is 5.59. The molecule has 3 nitrogen and oxygen atoms in total. The van der Waals surface area contributed by atoms with Gasteiger partial charge in [-0.25, -0.2) is 4.98 Å². The molecule has 2 aromatic rings. The second-order valence-electron chi connectivity index (χ2n) is 4.00. The number of hydrogen-bond acceptors (Lipinski definition) is 2. The number of aromatic nitrogens is 2. The van der Waals surface area contributed by atoms with Crippen LogP contribution in [-0.4, -0.2) is 9.55 Å². The van der Waals surface area contributed by atoms with Crippen molar-refractivity contribution in [3.05, 3.63) is 48.0 Å². The van der Waals surface area contributed by atoms with E-state index in [0.29, 0.717) is 0 Å². The largest absolute Gasteiger partial charge is 0.323 e. The zero-order chi connectivity index (χ0) is 11.5. The summed E-state index contributed by atoms with van der Waals surface area (Å²) in [5.74, 6) is 0. The van der Waals surface area contributed by atoms with Gasteiger partial charge in [0.1, 0.15) is 0 Å². The molecule has 1 heterocycles. The lowest BCUT2D eigenvalue weighted by molar-refractivity contribution is 0.752. The quantitative estimate of drug-likeness (QED) is 0.854. The van der Waals surface area contributed by atoms with Gasteiger partial charge in [0.2, 0.25) is 0 Å². The molecular weight excluding hydrogens is 198 g/mol. The van der Waals surface area contributed by atoms with E-state index in [1.807, 2.05) is 17.7 Å². The highest BCUT2D eigenvalue weighted by molar-refractivity contribution is 5.36. The van der Waals surface area contributed by atoms with Crippen molar-refractivity contribution < 1.29 is 0 Å². The topological polar surface area (TPSA) is 43.8 Å². The van der Waals surface area contributed by atoms with Crippen LogP contribution in [-0.2, 0) is 6.42 Å². The minimum absolute atomic E-state index is 0.00616. The Kier molecular flexibility index (Phi) is 3.06. The fraction of sp³-hybridized carbons (Fsp3) is 0.308. The Morgan fingerprint density at radius 1 is 1.31 bits per heavy atom. The predicted molar refractivity (Wildman–Crippen MR) is 65.5 cm³/mol. The molecule has 0 saturated carbocycles. The van der Waals surface area contributed by atoms with Crippen LogP contribution in [0.3, 0.4) is 0 Å². The molecule has 84 valence electrons. The maximum absolute atomic E-state index is 5.89. The maximum atomic E-state index is 5.89. The summed E-state index contributed by atoms with van der Waals surface area (Å²) in [5.41, 5.74) is 9.38. The van der Waals surface area contributed by atoms with Crippen LogP contribution in [0.15, 0.2) is 36.8 Å². The lowest BCUT2D eigenvalue weighted by Crippen LogP contribution is -2.10. The second kappa shape index (κ2) is 4.49. The first kappa shape index (κ1) is 10.9. The molecule has 3 heteroatoms. The average molecular weight is 215 g/mol. The van der Waals surface area contributed by atoms with Crippen molar-refractivity contribution in [3.8, 4) is 5.69 Å². The molecule has 0 fully saturated rings. The van der Waals surface area contributed by atoms with Crippen molar-refractivity contribution in [1.82, 2.24) is 9.55 Å². The molecule has 0 aliphatic heterocycles. The van der Waals surface area contributed by atoms with Gasteiger partial charge >= 0.3 is 0 Å². The first-order chi connectivity index (χ1) is 7.72. The summed E-state index contributed by atoms with van der Waals surface area (Å²) < 4.78 is 2.03. The second-order valence-corrected chi connectivity index (χ2v) is 4.00. The van der Waals surface area contributed by atoms with Gasteiger partial charge in [-0.3, -0.25) is 0 Å². The normalized spacial score (nSPS) is 12.7. The molecule has 2 N–H and O–H groups in total. The summed E-state index contributed by atoms with van der Waals surface area (Å²) in [6, 6.07) is 8.48. The summed E-state index contributed by atoms with van der Waals surface area (Å²) in [4.78, 5) is 4.15. The molecule has 1 aromatic carbocycles. The van der Waals surface area contributed by atoms with Gasteiger partial charge in [0, 0.05) is 11.7 Å². The number of nitrogens with zero attached hydrogens (tertiary/aromatic N) is 2. The van der Waals surface area contributed by atoms with Crippen molar-refractivity contribution in [2.45, 2.75) is 26.3 Å². The van der Waals surface area contributed by atoms with Gasteiger partial charge in [0.15, 0.2) is 0 Å². The van der Waals surface area contributed by atoms with Crippen molar-refractivity contribution >= 4 is 0 Å². The molecule has 0 amide bonds. The Labute approximate surface area is 95.9 Å². The van der Waals surface area contributed by atoms with Crippen LogP contribution in [0, 0.1) is 0 Å². The average Bonchev–Trinajstić information content (AvgIpc) is 2.78. The Balaban J connectivity index is 2.38. The molecule has 0 spiro atoms. The van der Waals surface area contributed by atoms with Crippen LogP contribution >= 0.6 is 0 Å². The Hall–Kier alpha value is -1.61. The predicted octanol–water partition coefficient (Wildman–Crippen LogP) is 2.45. The van der Waals surface area contributed by atoms with Crippen LogP contribution in [0.2, 0.25) is 0 Å². The Morgan fingerprint density at radius 3 is 2.56 bits per heavy atom. The maximum Gasteiger partial charge on any atom is 0.0994 e. The molecule has 0 radical (unpaired) electrons. The SMILES string of the molecule is CCc1ccc(-n2cncc2[C@@H](C)N)cc1. The standard InChI is InChI=1S/C13H17N3/c1-3-11-4-6-12(7-5-11)16-9-15-8-13(16)10(2)14/h4-10H,3,14H2,1-2H3/t10-/m1/s1. The molecule has 16 heavy (non-hydrogen) atoms. The van der Waals surface area contributed by atoms with E-state index in [0.717, 1.165) is 17.8 Å². The number of nitrogens with two attached hydrogens (primary N) is 1. The van der Waals surface area contributed by atoms with Crippen molar-refractivity contribution in [2.24, 2.45) is 5.73 Å². The van der Waals surface area contributed by atoms with E-state index in [2.05, 4.69) is 36.2 Å². The van der Waals surface area contributed by atoms with E-state index in [4.69, 9.17) is 5.73 Å². The van der Waals surface area contributed by atoms with E-state index >= 15 is 0 Å². The number of benzene rings is 1. The van der Waals surface area contributed by atoms with E-state index in [1.165, 1.54) is 5.56 Å². The Bertz CT molecular complexity index is 454. The lowest BCUT2D eigenvalue weighted by Gasteiger charge is -2.11. The molecule has 0 saturated heterocycles. The highest BCUT2D eigenvalue weighted by atomic mass is 15.1. The van der Waals surface area contributed by atoms with Gasteiger partial charge in [-0.05, 0) is 31.0 Å². The monoisotopic (exact) mass is 215 g/mol. The van der Waals surface area contributed by atoms with Gasteiger partial charge in [0.25, 0.3) is 0 Å². The zero-order valence-corrected chi connectivity index (χ0v) is 9.72. The van der Waals surface area contributed by atoms with Crippen molar-refractivity contribution in [1.29, 1.82) is 0 Å². The van der Waals surface area contributed by atoms with E-state index in [9.17, 15) is 0 Å². The molecule has 0 aliphatic carbocycles. The van der Waals surface area contributed by atoms with Gasteiger partial charge in [-0.1, -0.05) is 19.1 Å². The minimum Gasteiger partial charge on any atom is -0.323 e. The van der Waals surface area contributed by atoms with Crippen molar-refractivity contribution in [2.75, 3.05) is 0 Å². The first-order valence-corrected chi connectivity index (χ1v) is 5.59. The fourth-order valence-corrected chi connectivity index (χ4v) is 1.75. The summed E-state index contributed by atoms with van der Waals surface area (Å²) in [7, 11) is 0. The molecular formula is C13H17N3. The molecule has 0 unspecified atom stereocenters. The van der Waals surface area contributed by atoms with Crippen LogP contribution < -0.4 is 5.73 Å². The van der Waals surface area contributed by atoms with Gasteiger partial charge in [0.05, 0.1) is 18.2 Å². The van der Waals surface area contributed by atoms with E-state index in [1.54, 1.807) is 6.33 Å². The highest BCUT2D eigenvalue weighted by Gasteiger charge is 2.07. The summed E-state index contributed by atoms with van der Waals surface area (Å²) in [6.07, 6.45) is 4.68. The molecule has 2 rings (SSSR count). The molecule has 0 bridgehead atoms. The smallest absolute Gasteiger partial charge is 0.0994 e. The fourth-order valence-electron chi connectivity index (χ4n) is 1.75. The van der Waals surface area contributed by atoms with Crippen molar-refractivity contribution in [3.63, 3.8) is 0 Å². The number of imidazole rings is 1. The van der Waals surface area contributed by atoms with E-state index in [-0.39, 0.29) is 6.04 Å². The highest BCUT2D eigenvalue weighted by Crippen LogP contribution is 2.16. The summed E-state index contributed by atoms with van der Waals surface area (Å²) in [5, 5.41) is 0. The van der Waals surface area contributed by atoms with Crippen LogP contribution in [0.4, 0.5) is 0 Å². The van der Waals surface area contributed by atoms with Gasteiger partial charge < -0.3 is 10.3 Å². The lowest BCUT2D eigenvalue weighted by atomic mass is 10.1. The van der Waals surface area contributed by atoms with Crippen LogP contribution in [0.1, 0.15) is 31.1 Å². The number of rotatable bonds is 3. The third-order valence-electron chi connectivity index (χ3n) is 2.76. The summed E-state index contributed by atoms with van der Waals surface area (Å²) in [6.45, 7) is 4.12. The molecule has 1 aromatic heterocycles. The molecule has 1 atom stereocenters. The zero-order valence-electron chi connectivity index (χ0n) is 9.72.